The molecule has 1 aliphatic carbocycles. The third-order valence-corrected chi connectivity index (χ3v) is 3.91. The van der Waals surface area contributed by atoms with E-state index in [2.05, 4.69) is 0 Å². The minimum atomic E-state index is -0.801. The molecule has 2 unspecified atom stereocenters. The fraction of sp³-hybridized carbons (Fsp3) is 0.444. The normalized spacial score (nSPS) is 23.9. The summed E-state index contributed by atoms with van der Waals surface area (Å²) in [7, 11) is 0. The Morgan fingerprint density at radius 2 is 2.47 bits per heavy atom. The Labute approximate surface area is 96.2 Å². The highest BCUT2D eigenvalue weighted by Crippen LogP contribution is 2.50. The van der Waals surface area contributed by atoms with E-state index in [0.717, 1.165) is 10.8 Å². The average molecular weight is 247 g/mol. The number of urea groups is 1. The Balaban J connectivity index is 1.89. The molecule has 1 heterocycles. The van der Waals surface area contributed by atoms with E-state index < -0.39 is 6.03 Å². The van der Waals surface area contributed by atoms with E-state index in [1.165, 1.54) is 4.88 Å². The van der Waals surface area contributed by atoms with E-state index >= 15 is 0 Å². The molecule has 2 amide bonds. The first kappa shape index (κ1) is 10.7. The molecule has 1 saturated carbocycles. The van der Waals surface area contributed by atoms with Crippen LogP contribution in [0.2, 0.25) is 4.34 Å². The lowest BCUT2D eigenvalue weighted by atomic mass is 10.2. The molecular formula is C9H11ClN2O2S. The number of nitrogens with two attached hydrogens (primary N) is 1. The highest BCUT2D eigenvalue weighted by Gasteiger charge is 2.40. The summed E-state index contributed by atoms with van der Waals surface area (Å²) in [6.45, 7) is 0.301. The standard InChI is InChI=1S/C9H11ClN2O2S/c10-8-2-1-7(15-8)6-3-5(6)4-12(14)9(11)13/h1-2,5-6,14H,3-4H2,(H2,11,13). The lowest BCUT2D eigenvalue weighted by molar-refractivity contribution is -0.0431. The minimum Gasteiger partial charge on any atom is -0.350 e. The number of carbonyl (C=O) groups excluding carboxylic acids is 1. The molecule has 2 atom stereocenters. The number of rotatable bonds is 3. The zero-order valence-electron chi connectivity index (χ0n) is 7.89. The summed E-state index contributed by atoms with van der Waals surface area (Å²) >= 11 is 7.37. The first-order valence-electron chi connectivity index (χ1n) is 4.59. The van der Waals surface area contributed by atoms with Gasteiger partial charge in [-0.05, 0) is 30.4 Å². The van der Waals surface area contributed by atoms with E-state index in [0.29, 0.717) is 23.4 Å². The monoisotopic (exact) mass is 246 g/mol. The molecule has 0 aromatic carbocycles. The van der Waals surface area contributed by atoms with Gasteiger partial charge < -0.3 is 5.73 Å². The summed E-state index contributed by atoms with van der Waals surface area (Å²) in [5.41, 5.74) is 4.92. The Bertz CT molecular complexity index is 382. The van der Waals surface area contributed by atoms with Gasteiger partial charge in [-0.25, -0.2) is 9.86 Å². The molecule has 0 radical (unpaired) electrons. The Kier molecular flexibility index (Phi) is 2.86. The van der Waals surface area contributed by atoms with Crippen LogP contribution < -0.4 is 5.73 Å². The van der Waals surface area contributed by atoms with Crippen molar-refractivity contribution in [3.8, 4) is 0 Å². The number of hydrogen-bond acceptors (Lipinski definition) is 3. The molecule has 2 rings (SSSR count). The number of carbonyl (C=O) groups is 1. The second-order valence-corrected chi connectivity index (χ2v) is 5.41. The van der Waals surface area contributed by atoms with Crippen molar-refractivity contribution in [2.45, 2.75) is 12.3 Å². The van der Waals surface area contributed by atoms with Gasteiger partial charge in [0, 0.05) is 4.88 Å². The highest BCUT2D eigenvalue weighted by atomic mass is 35.5. The van der Waals surface area contributed by atoms with Crippen LogP contribution in [-0.4, -0.2) is 22.8 Å². The van der Waals surface area contributed by atoms with Gasteiger partial charge in [-0.1, -0.05) is 11.6 Å². The molecule has 1 aliphatic rings. The second kappa shape index (κ2) is 4.00. The predicted molar refractivity (Wildman–Crippen MR) is 58.3 cm³/mol. The van der Waals surface area contributed by atoms with Crippen LogP contribution in [0.25, 0.3) is 0 Å². The number of amides is 2. The summed E-state index contributed by atoms with van der Waals surface area (Å²) in [4.78, 5) is 11.8. The van der Waals surface area contributed by atoms with Crippen molar-refractivity contribution in [1.29, 1.82) is 0 Å². The zero-order valence-corrected chi connectivity index (χ0v) is 9.46. The number of hydrogen-bond donors (Lipinski definition) is 2. The quantitative estimate of drug-likeness (QED) is 0.635. The van der Waals surface area contributed by atoms with E-state index in [1.54, 1.807) is 11.3 Å². The Morgan fingerprint density at radius 3 is 3.00 bits per heavy atom. The van der Waals surface area contributed by atoms with E-state index in [9.17, 15) is 4.79 Å². The fourth-order valence-corrected chi connectivity index (χ4v) is 2.91. The number of thiophene rings is 1. The number of primary amides is 1. The van der Waals surface area contributed by atoms with Crippen molar-refractivity contribution in [2.24, 2.45) is 11.7 Å². The molecule has 0 spiro atoms. The maximum Gasteiger partial charge on any atom is 0.338 e. The second-order valence-electron chi connectivity index (χ2n) is 3.66. The van der Waals surface area contributed by atoms with Gasteiger partial charge in [0.15, 0.2) is 0 Å². The van der Waals surface area contributed by atoms with Crippen LogP contribution in [0.5, 0.6) is 0 Å². The van der Waals surface area contributed by atoms with Gasteiger partial charge in [-0.15, -0.1) is 11.3 Å². The smallest absolute Gasteiger partial charge is 0.338 e. The third-order valence-electron chi connectivity index (χ3n) is 2.54. The van der Waals surface area contributed by atoms with Crippen molar-refractivity contribution in [3.63, 3.8) is 0 Å². The summed E-state index contributed by atoms with van der Waals surface area (Å²) < 4.78 is 0.770. The van der Waals surface area contributed by atoms with Crippen LogP contribution in [0.1, 0.15) is 17.2 Å². The summed E-state index contributed by atoms with van der Waals surface area (Å²) in [6.07, 6.45) is 0.973. The van der Waals surface area contributed by atoms with Gasteiger partial charge in [0.2, 0.25) is 0 Å². The van der Waals surface area contributed by atoms with Gasteiger partial charge >= 0.3 is 6.03 Å². The number of nitrogens with zero attached hydrogens (tertiary/aromatic N) is 1. The van der Waals surface area contributed by atoms with Crippen molar-refractivity contribution in [1.82, 2.24) is 5.06 Å². The van der Waals surface area contributed by atoms with E-state index in [1.807, 2.05) is 12.1 Å². The summed E-state index contributed by atoms with van der Waals surface area (Å²) in [5, 5.41) is 9.71. The van der Waals surface area contributed by atoms with Crippen molar-refractivity contribution >= 4 is 29.0 Å². The molecule has 82 valence electrons. The van der Waals surface area contributed by atoms with Crippen LogP contribution in [-0.2, 0) is 0 Å². The zero-order chi connectivity index (χ0) is 11.0. The molecule has 1 aromatic rings. The van der Waals surface area contributed by atoms with Gasteiger partial charge in [-0.2, -0.15) is 0 Å². The molecule has 4 nitrogen and oxygen atoms in total. The van der Waals surface area contributed by atoms with Crippen molar-refractivity contribution in [2.75, 3.05) is 6.54 Å². The molecule has 3 N–H and O–H groups in total. The summed E-state index contributed by atoms with van der Waals surface area (Å²) in [6, 6.07) is 3.05. The van der Waals surface area contributed by atoms with Gasteiger partial charge in [-0.3, -0.25) is 5.21 Å². The van der Waals surface area contributed by atoms with Crippen molar-refractivity contribution in [3.05, 3.63) is 21.3 Å². The molecule has 6 heteroatoms. The fourth-order valence-electron chi connectivity index (χ4n) is 1.64. The average Bonchev–Trinajstić information content (AvgIpc) is 2.79. The van der Waals surface area contributed by atoms with E-state index in [-0.39, 0.29) is 0 Å². The maximum atomic E-state index is 10.6. The first-order valence-corrected chi connectivity index (χ1v) is 5.78. The molecule has 0 bridgehead atoms. The Hall–Kier alpha value is -0.780. The van der Waals surface area contributed by atoms with Crippen molar-refractivity contribution < 1.29 is 10.0 Å². The van der Waals surface area contributed by atoms with Crippen LogP contribution in [0.3, 0.4) is 0 Å². The molecular weight excluding hydrogens is 236 g/mol. The lowest BCUT2D eigenvalue weighted by Crippen LogP contribution is -2.34. The SMILES string of the molecule is NC(=O)N(O)CC1CC1c1ccc(Cl)s1. The molecule has 1 aromatic heterocycles. The highest BCUT2D eigenvalue weighted by molar-refractivity contribution is 7.16. The van der Waals surface area contributed by atoms with Gasteiger partial charge in [0.25, 0.3) is 0 Å². The number of hydroxylamine groups is 2. The van der Waals surface area contributed by atoms with Crippen LogP contribution >= 0.6 is 22.9 Å². The van der Waals surface area contributed by atoms with Crippen LogP contribution in [0.15, 0.2) is 12.1 Å². The topological polar surface area (TPSA) is 66.6 Å². The molecule has 0 aliphatic heterocycles. The van der Waals surface area contributed by atoms with Crippen LogP contribution in [0, 0.1) is 5.92 Å². The Morgan fingerprint density at radius 1 is 1.73 bits per heavy atom. The van der Waals surface area contributed by atoms with Gasteiger partial charge in [0.05, 0.1) is 10.9 Å². The summed E-state index contributed by atoms with van der Waals surface area (Å²) in [5.74, 6) is 0.716. The molecule has 15 heavy (non-hydrogen) atoms. The first-order chi connectivity index (χ1) is 7.08. The van der Waals surface area contributed by atoms with Crippen LogP contribution in [0.4, 0.5) is 4.79 Å². The maximum absolute atomic E-state index is 10.6. The third kappa shape index (κ3) is 2.42. The molecule has 1 fully saturated rings. The largest absolute Gasteiger partial charge is 0.350 e. The number of halogens is 1. The molecule has 0 saturated heterocycles. The predicted octanol–water partition coefficient (Wildman–Crippen LogP) is 2.27. The minimum absolute atomic E-state index is 0.301. The lowest BCUT2D eigenvalue weighted by Gasteiger charge is -2.10. The van der Waals surface area contributed by atoms with Gasteiger partial charge in [0.1, 0.15) is 0 Å². The van der Waals surface area contributed by atoms with E-state index in [4.69, 9.17) is 22.5 Å².